The van der Waals surface area contributed by atoms with Gasteiger partial charge in [0.15, 0.2) is 0 Å². The van der Waals surface area contributed by atoms with E-state index in [0.717, 1.165) is 6.42 Å². The van der Waals surface area contributed by atoms with Gasteiger partial charge in [0.25, 0.3) is 0 Å². The first kappa shape index (κ1) is 20.7. The summed E-state index contributed by atoms with van der Waals surface area (Å²) in [6.07, 6.45) is 0.358. The molecule has 136 valence electrons. The Morgan fingerprint density at radius 1 is 1.17 bits per heavy atom. The Morgan fingerprint density at radius 3 is 2.33 bits per heavy atom. The van der Waals surface area contributed by atoms with Crippen LogP contribution >= 0.6 is 7.52 Å². The highest BCUT2D eigenvalue weighted by atomic mass is 31.2. The summed E-state index contributed by atoms with van der Waals surface area (Å²) in [5.74, 6) is -0.0315. The van der Waals surface area contributed by atoms with Gasteiger partial charge in [0.2, 0.25) is 0 Å². The highest BCUT2D eigenvalue weighted by molar-refractivity contribution is 7.57. The van der Waals surface area contributed by atoms with Gasteiger partial charge in [-0.2, -0.15) is 0 Å². The molecule has 0 spiro atoms. The molecule has 0 aliphatic heterocycles. The quantitative estimate of drug-likeness (QED) is 0.505. The number of hydrogen-bond acceptors (Lipinski definition) is 5. The topological polar surface area (TPSA) is 73.9 Å². The van der Waals surface area contributed by atoms with E-state index in [9.17, 15) is 9.36 Å². The Morgan fingerprint density at radius 2 is 1.79 bits per heavy atom. The van der Waals surface area contributed by atoms with E-state index in [1.807, 2.05) is 19.9 Å². The van der Waals surface area contributed by atoms with E-state index in [2.05, 4.69) is 5.09 Å². The monoisotopic (exact) mass is 357 g/mol. The lowest BCUT2D eigenvalue weighted by Gasteiger charge is -2.25. The summed E-state index contributed by atoms with van der Waals surface area (Å²) < 4.78 is 29.5. The van der Waals surface area contributed by atoms with Crippen molar-refractivity contribution in [1.82, 2.24) is 5.09 Å². The summed E-state index contributed by atoms with van der Waals surface area (Å²) in [6, 6.07) is 8.03. The molecule has 1 aromatic rings. The van der Waals surface area contributed by atoms with Crippen LogP contribution in [-0.2, 0) is 18.8 Å². The van der Waals surface area contributed by atoms with Gasteiger partial charge in [-0.1, -0.05) is 25.1 Å². The molecule has 0 fully saturated rings. The average Bonchev–Trinajstić information content (AvgIpc) is 2.52. The normalized spacial score (nSPS) is 16.2. The molecular formula is C17H28NO5P. The Hall–Kier alpha value is -1.36. The van der Waals surface area contributed by atoms with Crippen LogP contribution in [0, 0.1) is 0 Å². The molecule has 0 aromatic heterocycles. The number of esters is 1. The van der Waals surface area contributed by atoms with Gasteiger partial charge in [0.1, 0.15) is 18.1 Å². The van der Waals surface area contributed by atoms with Gasteiger partial charge in [-0.3, -0.25) is 9.36 Å². The number of rotatable bonds is 10. The molecule has 0 aliphatic carbocycles. The summed E-state index contributed by atoms with van der Waals surface area (Å²) >= 11 is 0. The smallest absolute Gasteiger partial charge is 0.342 e. The highest BCUT2D eigenvalue weighted by Gasteiger charge is 2.31. The molecule has 0 saturated carbocycles. The van der Waals surface area contributed by atoms with Crippen molar-refractivity contribution in [2.75, 3.05) is 6.35 Å². The van der Waals surface area contributed by atoms with Crippen molar-refractivity contribution in [3.63, 3.8) is 0 Å². The number of para-hydroxylation sites is 1. The second-order valence-corrected chi connectivity index (χ2v) is 7.97. The van der Waals surface area contributed by atoms with Gasteiger partial charge in [0, 0.05) is 0 Å². The molecule has 0 bridgehead atoms. The third-order valence-electron chi connectivity index (χ3n) is 3.20. The Bertz CT molecular complexity index is 549. The fourth-order valence-electron chi connectivity index (χ4n) is 1.77. The number of carbonyl (C=O) groups is 1. The van der Waals surface area contributed by atoms with E-state index in [1.54, 1.807) is 45.0 Å². The lowest BCUT2D eigenvalue weighted by molar-refractivity contribution is -0.149. The zero-order valence-electron chi connectivity index (χ0n) is 15.0. The standard InChI is InChI=1S/C17H28NO5P/c1-6-14(4)21-12-24(20,23-16-10-8-7-9-11-16)18-15(5)17(19)22-13(2)3/h7-11,13-15H,6,12H2,1-5H3,(H,18,20)/t14-,15-,24+/m1/s1. The molecule has 0 saturated heterocycles. The third kappa shape index (κ3) is 7.47. The van der Waals surface area contributed by atoms with Gasteiger partial charge in [0.05, 0.1) is 12.2 Å². The Labute approximate surface area is 144 Å². The zero-order chi connectivity index (χ0) is 18.2. The molecule has 0 amide bonds. The predicted molar refractivity (Wildman–Crippen MR) is 94.2 cm³/mol. The van der Waals surface area contributed by atoms with Crippen molar-refractivity contribution < 1.29 is 23.4 Å². The van der Waals surface area contributed by atoms with E-state index in [1.165, 1.54) is 0 Å². The average molecular weight is 357 g/mol. The molecule has 24 heavy (non-hydrogen) atoms. The molecule has 1 rings (SSSR count). The summed E-state index contributed by atoms with van der Waals surface area (Å²) in [6.45, 7) is 8.98. The number of nitrogens with one attached hydrogen (secondary N) is 1. The van der Waals surface area contributed by atoms with Crippen LogP contribution in [0.25, 0.3) is 0 Å². The second-order valence-electron chi connectivity index (χ2n) is 5.93. The third-order valence-corrected chi connectivity index (χ3v) is 4.97. The van der Waals surface area contributed by atoms with Crippen LogP contribution in [0.15, 0.2) is 30.3 Å². The van der Waals surface area contributed by atoms with Crippen molar-refractivity contribution in [3.8, 4) is 5.75 Å². The minimum atomic E-state index is -3.43. The first-order valence-corrected chi connectivity index (χ1v) is 10.0. The molecule has 1 aromatic carbocycles. The van der Waals surface area contributed by atoms with Gasteiger partial charge in [-0.15, -0.1) is 0 Å². The van der Waals surface area contributed by atoms with Gasteiger partial charge in [-0.05, 0) is 46.2 Å². The van der Waals surface area contributed by atoms with E-state index in [0.29, 0.717) is 5.75 Å². The van der Waals surface area contributed by atoms with Crippen molar-refractivity contribution in [2.45, 2.75) is 59.3 Å². The molecular weight excluding hydrogens is 329 g/mol. The lowest BCUT2D eigenvalue weighted by Crippen LogP contribution is -2.36. The second kappa shape index (κ2) is 9.82. The van der Waals surface area contributed by atoms with E-state index >= 15 is 0 Å². The van der Waals surface area contributed by atoms with Crippen LogP contribution in [0.5, 0.6) is 5.75 Å². The maximum Gasteiger partial charge on any atom is 0.342 e. The summed E-state index contributed by atoms with van der Waals surface area (Å²) in [4.78, 5) is 12.0. The van der Waals surface area contributed by atoms with Crippen molar-refractivity contribution in [1.29, 1.82) is 0 Å². The fraction of sp³-hybridized carbons (Fsp3) is 0.588. The zero-order valence-corrected chi connectivity index (χ0v) is 15.9. The maximum absolute atomic E-state index is 13.1. The SMILES string of the molecule is CC[C@@H](C)OC[P@@](=O)(N[C@H](C)C(=O)OC(C)C)Oc1ccccc1. The van der Waals surface area contributed by atoms with Crippen LogP contribution in [0.2, 0.25) is 0 Å². The lowest BCUT2D eigenvalue weighted by atomic mass is 10.3. The molecule has 3 atom stereocenters. The van der Waals surface area contributed by atoms with Gasteiger partial charge < -0.3 is 14.0 Å². The van der Waals surface area contributed by atoms with Crippen molar-refractivity contribution in [3.05, 3.63) is 30.3 Å². The summed E-state index contributed by atoms with van der Waals surface area (Å²) in [5.41, 5.74) is 0. The molecule has 7 heteroatoms. The largest absolute Gasteiger partial charge is 0.462 e. The number of ether oxygens (including phenoxy) is 2. The van der Waals surface area contributed by atoms with Crippen LogP contribution < -0.4 is 9.61 Å². The van der Waals surface area contributed by atoms with Crippen LogP contribution in [0.4, 0.5) is 0 Å². The number of hydrogen-bond donors (Lipinski definition) is 1. The van der Waals surface area contributed by atoms with E-state index in [-0.39, 0.29) is 18.6 Å². The van der Waals surface area contributed by atoms with Gasteiger partial charge >= 0.3 is 13.5 Å². The first-order chi connectivity index (χ1) is 11.3. The van der Waals surface area contributed by atoms with Crippen LogP contribution in [-0.4, -0.2) is 30.6 Å². The number of benzene rings is 1. The Kier molecular flexibility index (Phi) is 8.46. The summed E-state index contributed by atoms with van der Waals surface area (Å²) in [7, 11) is -3.43. The van der Waals surface area contributed by atoms with E-state index < -0.39 is 19.5 Å². The molecule has 0 aliphatic rings. The summed E-state index contributed by atoms with van der Waals surface area (Å²) in [5, 5.41) is 2.76. The maximum atomic E-state index is 13.1. The van der Waals surface area contributed by atoms with Crippen LogP contribution in [0.3, 0.4) is 0 Å². The highest BCUT2D eigenvalue weighted by Crippen LogP contribution is 2.44. The molecule has 6 nitrogen and oxygen atoms in total. The number of carbonyl (C=O) groups excluding carboxylic acids is 1. The van der Waals surface area contributed by atoms with E-state index in [4.69, 9.17) is 14.0 Å². The Balaban J connectivity index is 2.83. The minimum Gasteiger partial charge on any atom is -0.462 e. The van der Waals surface area contributed by atoms with Crippen molar-refractivity contribution >= 4 is 13.5 Å². The molecule has 0 heterocycles. The van der Waals surface area contributed by atoms with Gasteiger partial charge in [-0.25, -0.2) is 5.09 Å². The first-order valence-electron chi connectivity index (χ1n) is 8.19. The molecule has 0 radical (unpaired) electrons. The molecule has 0 unspecified atom stereocenters. The minimum absolute atomic E-state index is 0.0579. The predicted octanol–water partition coefficient (Wildman–Crippen LogP) is 3.96. The molecule has 1 N–H and O–H groups in total. The fourth-order valence-corrected chi connectivity index (χ4v) is 3.56. The van der Waals surface area contributed by atoms with Crippen molar-refractivity contribution in [2.24, 2.45) is 0 Å². The van der Waals surface area contributed by atoms with Crippen LogP contribution in [0.1, 0.15) is 41.0 Å².